The van der Waals surface area contributed by atoms with E-state index in [4.69, 9.17) is 4.42 Å². The first-order chi connectivity index (χ1) is 8.61. The zero-order valence-electron chi connectivity index (χ0n) is 11.6. The molecular weight excluding hydrogens is 222 g/mol. The Labute approximate surface area is 109 Å². The molecule has 0 aliphatic carbocycles. The number of hydrogen-bond donors (Lipinski definition) is 1. The molecule has 1 heterocycles. The minimum Gasteiger partial charge on any atom is -0.466 e. The molecule has 0 saturated carbocycles. The first-order valence-electron chi connectivity index (χ1n) is 6.40. The van der Waals surface area contributed by atoms with E-state index in [-0.39, 0.29) is 0 Å². The van der Waals surface area contributed by atoms with Gasteiger partial charge < -0.3 is 9.73 Å². The summed E-state index contributed by atoms with van der Waals surface area (Å²) in [5.41, 5.74) is 3.99. The van der Waals surface area contributed by atoms with E-state index in [9.17, 15) is 0 Å². The van der Waals surface area contributed by atoms with Gasteiger partial charge in [-0.05, 0) is 51.4 Å². The van der Waals surface area contributed by atoms with Crippen LogP contribution in [-0.2, 0) is 6.42 Å². The molecule has 2 rings (SSSR count). The number of hydrogen-bond acceptors (Lipinski definition) is 2. The first-order valence-corrected chi connectivity index (χ1v) is 6.40. The van der Waals surface area contributed by atoms with Crippen molar-refractivity contribution in [3.63, 3.8) is 0 Å². The van der Waals surface area contributed by atoms with Gasteiger partial charge in [0.15, 0.2) is 0 Å². The fraction of sp³-hybridized carbons (Fsp3) is 0.375. The average Bonchev–Trinajstić information content (AvgIpc) is 2.67. The first kappa shape index (κ1) is 12.9. The molecule has 2 aromatic rings. The molecule has 0 amide bonds. The van der Waals surface area contributed by atoms with Crippen LogP contribution < -0.4 is 5.32 Å². The van der Waals surface area contributed by atoms with Crippen molar-refractivity contribution in [2.24, 2.45) is 0 Å². The Bertz CT molecular complexity index is 528. The highest BCUT2D eigenvalue weighted by atomic mass is 16.3. The molecule has 1 aromatic carbocycles. The Balaban J connectivity index is 2.25. The quantitative estimate of drug-likeness (QED) is 0.885. The van der Waals surface area contributed by atoms with Crippen molar-refractivity contribution in [1.82, 2.24) is 5.32 Å². The predicted molar refractivity (Wildman–Crippen MR) is 74.9 cm³/mol. The van der Waals surface area contributed by atoms with Crippen molar-refractivity contribution < 1.29 is 4.42 Å². The van der Waals surface area contributed by atoms with Gasteiger partial charge in [-0.25, -0.2) is 0 Å². The summed E-state index contributed by atoms with van der Waals surface area (Å²) in [6, 6.07) is 11.0. The second kappa shape index (κ2) is 5.40. The van der Waals surface area contributed by atoms with E-state index < -0.39 is 0 Å². The number of likely N-dealkylation sites (N-methyl/N-ethyl adjacent to an activating group) is 1. The van der Waals surface area contributed by atoms with E-state index in [1.54, 1.807) is 0 Å². The standard InChI is InChI=1S/C16H21NO/c1-11-7-5-6-8-14(11)10-16(17-4)15-9-12(2)18-13(15)3/h5-9,16-17H,10H2,1-4H3. The molecule has 18 heavy (non-hydrogen) atoms. The number of aryl methyl sites for hydroxylation is 3. The predicted octanol–water partition coefficient (Wildman–Crippen LogP) is 3.71. The fourth-order valence-electron chi connectivity index (χ4n) is 2.42. The number of rotatable bonds is 4. The van der Waals surface area contributed by atoms with Crippen molar-refractivity contribution in [2.75, 3.05) is 7.05 Å². The van der Waals surface area contributed by atoms with Gasteiger partial charge in [-0.1, -0.05) is 24.3 Å². The lowest BCUT2D eigenvalue weighted by atomic mass is 9.96. The summed E-state index contributed by atoms with van der Waals surface area (Å²) < 4.78 is 5.63. The van der Waals surface area contributed by atoms with E-state index in [1.165, 1.54) is 16.7 Å². The molecule has 0 aliphatic heterocycles. The molecule has 0 aliphatic rings. The molecular formula is C16H21NO. The van der Waals surface area contributed by atoms with Crippen LogP contribution in [0.4, 0.5) is 0 Å². The van der Waals surface area contributed by atoms with Crippen LogP contribution in [0.25, 0.3) is 0 Å². The summed E-state index contributed by atoms with van der Waals surface area (Å²) in [7, 11) is 2.00. The van der Waals surface area contributed by atoms with E-state index in [0.717, 1.165) is 17.9 Å². The lowest BCUT2D eigenvalue weighted by molar-refractivity contribution is 0.490. The number of nitrogens with one attached hydrogen (secondary N) is 1. The van der Waals surface area contributed by atoms with Crippen molar-refractivity contribution in [2.45, 2.75) is 33.2 Å². The molecule has 0 fully saturated rings. The molecule has 1 aromatic heterocycles. The van der Waals surface area contributed by atoms with Crippen LogP contribution in [0.5, 0.6) is 0 Å². The molecule has 0 saturated heterocycles. The van der Waals surface area contributed by atoms with Crippen molar-refractivity contribution in [3.8, 4) is 0 Å². The highest BCUT2D eigenvalue weighted by Crippen LogP contribution is 2.25. The molecule has 0 bridgehead atoms. The number of benzene rings is 1. The molecule has 2 nitrogen and oxygen atoms in total. The lowest BCUT2D eigenvalue weighted by Gasteiger charge is -2.17. The fourth-order valence-corrected chi connectivity index (χ4v) is 2.42. The van der Waals surface area contributed by atoms with Gasteiger partial charge in [-0.2, -0.15) is 0 Å². The SMILES string of the molecule is CNC(Cc1ccccc1C)c1cc(C)oc1C. The third-order valence-electron chi connectivity index (χ3n) is 3.49. The zero-order chi connectivity index (χ0) is 13.1. The zero-order valence-corrected chi connectivity index (χ0v) is 11.6. The van der Waals surface area contributed by atoms with E-state index in [1.807, 2.05) is 20.9 Å². The van der Waals surface area contributed by atoms with Crippen molar-refractivity contribution >= 4 is 0 Å². The van der Waals surface area contributed by atoms with Gasteiger partial charge in [-0.3, -0.25) is 0 Å². The Hall–Kier alpha value is -1.54. The Morgan fingerprint density at radius 1 is 1.17 bits per heavy atom. The highest BCUT2D eigenvalue weighted by Gasteiger charge is 2.16. The van der Waals surface area contributed by atoms with E-state index >= 15 is 0 Å². The minimum atomic E-state index is 0.309. The molecule has 1 atom stereocenters. The van der Waals surface area contributed by atoms with Crippen molar-refractivity contribution in [1.29, 1.82) is 0 Å². The van der Waals surface area contributed by atoms with Crippen LogP contribution in [0.1, 0.15) is 34.3 Å². The second-order valence-electron chi connectivity index (χ2n) is 4.84. The van der Waals surface area contributed by atoms with Gasteiger partial charge in [0.05, 0.1) is 0 Å². The van der Waals surface area contributed by atoms with Gasteiger partial charge in [0, 0.05) is 11.6 Å². The maximum atomic E-state index is 5.63. The summed E-state index contributed by atoms with van der Waals surface area (Å²) in [4.78, 5) is 0. The van der Waals surface area contributed by atoms with E-state index in [0.29, 0.717) is 6.04 Å². The maximum absolute atomic E-state index is 5.63. The van der Waals surface area contributed by atoms with Gasteiger partial charge in [0.25, 0.3) is 0 Å². The van der Waals surface area contributed by atoms with Crippen LogP contribution in [0, 0.1) is 20.8 Å². The third-order valence-corrected chi connectivity index (χ3v) is 3.49. The average molecular weight is 243 g/mol. The van der Waals surface area contributed by atoms with Gasteiger partial charge in [-0.15, -0.1) is 0 Å². The summed E-state index contributed by atoms with van der Waals surface area (Å²) >= 11 is 0. The number of furan rings is 1. The monoisotopic (exact) mass is 243 g/mol. The highest BCUT2D eigenvalue weighted by molar-refractivity contribution is 5.30. The van der Waals surface area contributed by atoms with E-state index in [2.05, 4.69) is 42.6 Å². The third kappa shape index (κ3) is 2.65. The second-order valence-corrected chi connectivity index (χ2v) is 4.84. The molecule has 0 radical (unpaired) electrons. The normalized spacial score (nSPS) is 12.7. The van der Waals surface area contributed by atoms with Crippen LogP contribution in [0.3, 0.4) is 0 Å². The Morgan fingerprint density at radius 3 is 2.44 bits per heavy atom. The van der Waals surface area contributed by atoms with Crippen molar-refractivity contribution in [3.05, 3.63) is 58.5 Å². The maximum Gasteiger partial charge on any atom is 0.105 e. The van der Waals surface area contributed by atoms with Crippen LogP contribution in [0.15, 0.2) is 34.7 Å². The molecule has 1 N–H and O–H groups in total. The summed E-state index contributed by atoms with van der Waals surface area (Å²) in [5, 5.41) is 3.39. The van der Waals surface area contributed by atoms with Gasteiger partial charge >= 0.3 is 0 Å². The Morgan fingerprint density at radius 2 is 1.89 bits per heavy atom. The molecule has 2 heteroatoms. The summed E-state index contributed by atoms with van der Waals surface area (Å²) in [6.45, 7) is 6.19. The van der Waals surface area contributed by atoms with Crippen LogP contribution in [0.2, 0.25) is 0 Å². The molecule has 1 unspecified atom stereocenters. The lowest BCUT2D eigenvalue weighted by Crippen LogP contribution is -2.19. The van der Waals surface area contributed by atoms with Gasteiger partial charge in [0.2, 0.25) is 0 Å². The smallest absolute Gasteiger partial charge is 0.105 e. The molecule has 96 valence electrons. The van der Waals surface area contributed by atoms with Crippen LogP contribution >= 0.6 is 0 Å². The van der Waals surface area contributed by atoms with Gasteiger partial charge in [0.1, 0.15) is 11.5 Å². The topological polar surface area (TPSA) is 25.2 Å². The molecule has 0 spiro atoms. The minimum absolute atomic E-state index is 0.309. The van der Waals surface area contributed by atoms with Crippen LogP contribution in [-0.4, -0.2) is 7.05 Å². The summed E-state index contributed by atoms with van der Waals surface area (Å²) in [6.07, 6.45) is 0.989. The Kier molecular flexibility index (Phi) is 3.87. The summed E-state index contributed by atoms with van der Waals surface area (Å²) in [5.74, 6) is 1.99. The largest absolute Gasteiger partial charge is 0.466 e.